The van der Waals surface area contributed by atoms with Gasteiger partial charge in [-0.3, -0.25) is 14.5 Å². The number of rotatable bonds is 12. The lowest BCUT2D eigenvalue weighted by Crippen LogP contribution is -2.38. The van der Waals surface area contributed by atoms with Crippen molar-refractivity contribution in [2.24, 2.45) is 0 Å². The first-order chi connectivity index (χ1) is 17.3. The normalized spacial score (nSPS) is 15.4. The Balaban J connectivity index is 1.72. The summed E-state index contributed by atoms with van der Waals surface area (Å²) in [5.74, 6) is -0.983. The lowest BCUT2D eigenvalue weighted by molar-refractivity contribution is -0.124. The number of carbonyl (C=O) groups is 3. The van der Waals surface area contributed by atoms with E-state index in [0.29, 0.717) is 33.6 Å². The summed E-state index contributed by atoms with van der Waals surface area (Å²) in [6, 6.07) is 12.7. The Kier molecular flexibility index (Phi) is 10.3. The fourth-order valence-electron chi connectivity index (χ4n) is 4.12. The Labute approximate surface area is 222 Å². The Morgan fingerprint density at radius 3 is 2.44 bits per heavy atom. The third kappa shape index (κ3) is 7.04. The number of nitrogens with one attached hydrogen (secondary N) is 1. The van der Waals surface area contributed by atoms with Crippen LogP contribution in [0.25, 0.3) is 0 Å². The quantitative estimate of drug-likeness (QED) is 0.212. The molecule has 1 heterocycles. The van der Waals surface area contributed by atoms with Gasteiger partial charge in [-0.2, -0.15) is 0 Å². The van der Waals surface area contributed by atoms with Crippen LogP contribution in [0, 0.1) is 0 Å². The average Bonchev–Trinajstić information content (AvgIpc) is 3.08. The van der Waals surface area contributed by atoms with E-state index in [2.05, 4.69) is 12.2 Å². The predicted molar refractivity (Wildman–Crippen MR) is 146 cm³/mol. The molecule has 1 aliphatic rings. The molecule has 1 fully saturated rings. The predicted octanol–water partition coefficient (Wildman–Crippen LogP) is 5.82. The van der Waals surface area contributed by atoms with E-state index in [9.17, 15) is 14.4 Å². The molecular formula is C27H32ClN3O4S. The molecule has 7 nitrogen and oxygen atoms in total. The highest BCUT2D eigenvalue weighted by Gasteiger charge is 2.43. The van der Waals surface area contributed by atoms with E-state index in [-0.39, 0.29) is 24.8 Å². The summed E-state index contributed by atoms with van der Waals surface area (Å²) in [6.45, 7) is 4.79. The highest BCUT2D eigenvalue weighted by atomic mass is 35.5. The molecule has 0 spiro atoms. The van der Waals surface area contributed by atoms with Gasteiger partial charge in [0, 0.05) is 17.3 Å². The minimum atomic E-state index is -0.707. The van der Waals surface area contributed by atoms with Crippen LogP contribution in [-0.4, -0.2) is 47.0 Å². The second-order valence-electron chi connectivity index (χ2n) is 8.61. The van der Waals surface area contributed by atoms with Crippen LogP contribution in [-0.2, 0) is 14.3 Å². The standard InChI is InChI=1S/C27H32ClN3O4S/c1-3-5-6-7-8-16-30-23(25(33)31(27(30)36)22-11-9-10-20(28)17-22)18-24(32)29-21-14-12-19(13-15-21)26(34)35-4-2/h9-15,17,23H,3-8,16,18H2,1-2H3,(H,29,32). The van der Waals surface area contributed by atoms with Crippen molar-refractivity contribution in [1.82, 2.24) is 4.90 Å². The van der Waals surface area contributed by atoms with Gasteiger partial charge in [-0.05, 0) is 68.0 Å². The number of nitrogens with zero attached hydrogens (tertiary/aromatic N) is 2. The Bertz CT molecular complexity index is 1090. The smallest absolute Gasteiger partial charge is 0.338 e. The summed E-state index contributed by atoms with van der Waals surface area (Å²) in [7, 11) is 0. The highest BCUT2D eigenvalue weighted by molar-refractivity contribution is 7.80. The summed E-state index contributed by atoms with van der Waals surface area (Å²) in [5, 5.41) is 3.70. The lowest BCUT2D eigenvalue weighted by Gasteiger charge is -2.24. The fraction of sp³-hybridized carbons (Fsp3) is 0.407. The maximum atomic E-state index is 13.5. The van der Waals surface area contributed by atoms with Crippen molar-refractivity contribution >= 4 is 58.1 Å². The van der Waals surface area contributed by atoms with E-state index in [4.69, 9.17) is 28.6 Å². The van der Waals surface area contributed by atoms with Crippen LogP contribution in [0.5, 0.6) is 0 Å². The van der Waals surface area contributed by atoms with Crippen molar-refractivity contribution in [3.63, 3.8) is 0 Å². The molecule has 1 atom stereocenters. The Morgan fingerprint density at radius 2 is 1.78 bits per heavy atom. The maximum absolute atomic E-state index is 13.5. The first-order valence-corrected chi connectivity index (χ1v) is 13.1. The number of anilines is 2. The first-order valence-electron chi connectivity index (χ1n) is 12.3. The Hall–Kier alpha value is -2.97. The molecular weight excluding hydrogens is 498 g/mol. The van der Waals surface area contributed by atoms with Gasteiger partial charge in [-0.25, -0.2) is 4.79 Å². The van der Waals surface area contributed by atoms with Crippen molar-refractivity contribution in [2.75, 3.05) is 23.4 Å². The van der Waals surface area contributed by atoms with Gasteiger partial charge >= 0.3 is 5.97 Å². The van der Waals surface area contributed by atoms with Gasteiger partial charge in [0.15, 0.2) is 5.11 Å². The topological polar surface area (TPSA) is 79.0 Å². The zero-order valence-electron chi connectivity index (χ0n) is 20.7. The summed E-state index contributed by atoms with van der Waals surface area (Å²) >= 11 is 11.9. The number of ether oxygens (including phenoxy) is 1. The van der Waals surface area contributed by atoms with Crippen LogP contribution < -0.4 is 10.2 Å². The molecule has 2 aromatic rings. The van der Waals surface area contributed by atoms with Gasteiger partial charge in [-0.15, -0.1) is 0 Å². The van der Waals surface area contributed by atoms with E-state index in [0.717, 1.165) is 25.7 Å². The second-order valence-corrected chi connectivity index (χ2v) is 9.41. The fourth-order valence-corrected chi connectivity index (χ4v) is 4.72. The number of thiocarbonyl (C=S) groups is 1. The summed E-state index contributed by atoms with van der Waals surface area (Å²) in [6.07, 6.45) is 5.29. The Morgan fingerprint density at radius 1 is 1.06 bits per heavy atom. The van der Waals surface area contributed by atoms with E-state index < -0.39 is 12.0 Å². The van der Waals surface area contributed by atoms with Crippen molar-refractivity contribution in [3.05, 3.63) is 59.1 Å². The maximum Gasteiger partial charge on any atom is 0.338 e. The monoisotopic (exact) mass is 529 g/mol. The van der Waals surface area contributed by atoms with Gasteiger partial charge in [-0.1, -0.05) is 50.3 Å². The number of benzene rings is 2. The number of esters is 1. The van der Waals surface area contributed by atoms with Crippen LogP contribution in [0.3, 0.4) is 0 Å². The summed E-state index contributed by atoms with van der Waals surface area (Å²) < 4.78 is 4.98. The van der Waals surface area contributed by atoms with Crippen molar-refractivity contribution in [2.45, 2.75) is 58.4 Å². The second kappa shape index (κ2) is 13.4. The number of carbonyl (C=O) groups excluding carboxylic acids is 3. The SMILES string of the molecule is CCCCCCCN1C(=S)N(c2cccc(Cl)c2)C(=O)C1CC(=O)Nc1ccc(C(=O)OCC)cc1. The van der Waals surface area contributed by atoms with Crippen LogP contribution >= 0.6 is 23.8 Å². The largest absolute Gasteiger partial charge is 0.462 e. The third-order valence-corrected chi connectivity index (χ3v) is 6.60. The molecule has 1 saturated heterocycles. The summed E-state index contributed by atoms with van der Waals surface area (Å²) in [5.41, 5.74) is 1.52. The van der Waals surface area contributed by atoms with Crippen molar-refractivity contribution in [1.29, 1.82) is 0 Å². The molecule has 1 aliphatic heterocycles. The number of hydrogen-bond acceptors (Lipinski definition) is 5. The van der Waals surface area contributed by atoms with E-state index in [1.165, 1.54) is 11.3 Å². The zero-order valence-corrected chi connectivity index (χ0v) is 22.2. The molecule has 0 saturated carbocycles. The molecule has 9 heteroatoms. The van der Waals surface area contributed by atoms with Gasteiger partial charge in [0.25, 0.3) is 5.91 Å². The zero-order chi connectivity index (χ0) is 26.1. The first kappa shape index (κ1) is 27.6. The third-order valence-electron chi connectivity index (χ3n) is 5.95. The van der Waals surface area contributed by atoms with Gasteiger partial charge in [0.1, 0.15) is 6.04 Å². The molecule has 1 N–H and O–H groups in total. The van der Waals surface area contributed by atoms with E-state index in [1.807, 2.05) is 4.90 Å². The van der Waals surface area contributed by atoms with Crippen LogP contribution in [0.2, 0.25) is 5.02 Å². The van der Waals surface area contributed by atoms with E-state index in [1.54, 1.807) is 55.5 Å². The van der Waals surface area contributed by atoms with Crippen LogP contribution in [0.1, 0.15) is 62.7 Å². The minimum absolute atomic E-state index is 0.0510. The summed E-state index contributed by atoms with van der Waals surface area (Å²) in [4.78, 5) is 41.6. The van der Waals surface area contributed by atoms with Gasteiger partial charge < -0.3 is 15.0 Å². The molecule has 0 bridgehead atoms. The minimum Gasteiger partial charge on any atom is -0.462 e. The number of unbranched alkanes of at least 4 members (excludes halogenated alkanes) is 4. The molecule has 2 aromatic carbocycles. The van der Waals surface area contributed by atoms with E-state index >= 15 is 0 Å². The lowest BCUT2D eigenvalue weighted by atomic mass is 10.1. The highest BCUT2D eigenvalue weighted by Crippen LogP contribution is 2.29. The molecule has 0 radical (unpaired) electrons. The average molecular weight is 530 g/mol. The molecule has 192 valence electrons. The van der Waals surface area contributed by atoms with Gasteiger partial charge in [0.05, 0.1) is 24.3 Å². The molecule has 2 amide bonds. The van der Waals surface area contributed by atoms with Gasteiger partial charge in [0.2, 0.25) is 5.91 Å². The van der Waals surface area contributed by atoms with Crippen LogP contribution in [0.15, 0.2) is 48.5 Å². The molecule has 1 unspecified atom stereocenters. The molecule has 3 rings (SSSR count). The molecule has 0 aliphatic carbocycles. The van der Waals surface area contributed by atoms with Crippen molar-refractivity contribution < 1.29 is 19.1 Å². The molecule has 0 aromatic heterocycles. The number of halogens is 1. The number of amides is 2. The van der Waals surface area contributed by atoms with Crippen molar-refractivity contribution in [3.8, 4) is 0 Å². The van der Waals surface area contributed by atoms with Crippen LogP contribution in [0.4, 0.5) is 11.4 Å². The molecule has 36 heavy (non-hydrogen) atoms. The number of hydrogen-bond donors (Lipinski definition) is 1.